The van der Waals surface area contributed by atoms with Crippen molar-refractivity contribution < 1.29 is 9.90 Å². The van der Waals surface area contributed by atoms with Gasteiger partial charge in [-0.3, -0.25) is 9.69 Å². The lowest BCUT2D eigenvalue weighted by Gasteiger charge is -2.45. The van der Waals surface area contributed by atoms with Gasteiger partial charge in [-0.15, -0.1) is 0 Å². The van der Waals surface area contributed by atoms with Crippen molar-refractivity contribution in [3.05, 3.63) is 34.3 Å². The summed E-state index contributed by atoms with van der Waals surface area (Å²) in [6.07, 6.45) is 0. The number of hydrogen-bond acceptors (Lipinski definition) is 2. The Morgan fingerprint density at radius 3 is 2.67 bits per heavy atom. The number of likely N-dealkylation sites (tertiary alicyclic amines) is 1. The van der Waals surface area contributed by atoms with E-state index < -0.39 is 5.97 Å². The van der Waals surface area contributed by atoms with E-state index in [0.29, 0.717) is 6.04 Å². The normalized spacial score (nSPS) is 20.2. The van der Waals surface area contributed by atoms with Crippen molar-refractivity contribution in [1.29, 1.82) is 0 Å². The maximum absolute atomic E-state index is 10.9. The summed E-state index contributed by atoms with van der Waals surface area (Å²) >= 11 is 3.48. The smallest absolute Gasteiger partial charge is 0.306 e. The molecule has 0 aliphatic carbocycles. The van der Waals surface area contributed by atoms with Crippen LogP contribution in [0.1, 0.15) is 25.5 Å². The van der Waals surface area contributed by atoms with Gasteiger partial charge in [-0.2, -0.15) is 0 Å². The van der Waals surface area contributed by atoms with Crippen LogP contribution in [-0.2, 0) is 4.79 Å². The van der Waals surface area contributed by atoms with Gasteiger partial charge in [0.2, 0.25) is 0 Å². The molecule has 0 spiro atoms. The zero-order chi connectivity index (χ0) is 13.3. The lowest BCUT2D eigenvalue weighted by Crippen LogP contribution is -2.51. The highest BCUT2D eigenvalue weighted by atomic mass is 79.9. The molecule has 0 radical (unpaired) electrons. The van der Waals surface area contributed by atoms with E-state index in [1.54, 1.807) is 6.92 Å². The number of nitrogens with zero attached hydrogens (tertiary/aromatic N) is 1. The van der Waals surface area contributed by atoms with Crippen LogP contribution in [-0.4, -0.2) is 29.1 Å². The molecule has 1 N–H and O–H groups in total. The van der Waals surface area contributed by atoms with E-state index in [9.17, 15) is 4.79 Å². The first kappa shape index (κ1) is 13.6. The molecule has 0 saturated carbocycles. The first-order chi connectivity index (χ1) is 8.49. The van der Waals surface area contributed by atoms with Crippen LogP contribution < -0.4 is 0 Å². The van der Waals surface area contributed by atoms with Gasteiger partial charge >= 0.3 is 5.97 Å². The summed E-state index contributed by atoms with van der Waals surface area (Å²) in [5, 5.41) is 8.97. The zero-order valence-corrected chi connectivity index (χ0v) is 12.2. The van der Waals surface area contributed by atoms with Crippen molar-refractivity contribution in [2.45, 2.75) is 19.9 Å². The Bertz CT molecular complexity index is 443. The number of carboxylic acid groups (broad SMARTS) is 1. The second-order valence-electron chi connectivity index (χ2n) is 5.07. The standard InChI is InChI=1S/C14H18BrNO2/c1-9(14(17)18)12-7-16(8-12)10(2)11-4-3-5-13(15)6-11/h3-6,9-10,12H,7-8H2,1-2H3,(H,17,18). The number of aliphatic carboxylic acids is 1. The predicted octanol–water partition coefficient (Wildman–Crippen LogP) is 3.16. The fourth-order valence-electron chi connectivity index (χ4n) is 2.36. The third-order valence-corrected chi connectivity index (χ3v) is 4.41. The number of carboxylic acids is 1. The van der Waals surface area contributed by atoms with E-state index in [1.807, 2.05) is 12.1 Å². The lowest BCUT2D eigenvalue weighted by molar-refractivity contribution is -0.146. The van der Waals surface area contributed by atoms with Gasteiger partial charge in [-0.1, -0.05) is 35.0 Å². The zero-order valence-electron chi connectivity index (χ0n) is 10.6. The lowest BCUT2D eigenvalue weighted by atomic mass is 9.85. The number of hydrogen-bond donors (Lipinski definition) is 1. The Labute approximate surface area is 116 Å². The fraction of sp³-hybridized carbons (Fsp3) is 0.500. The molecule has 1 saturated heterocycles. The molecule has 2 rings (SSSR count). The summed E-state index contributed by atoms with van der Waals surface area (Å²) in [5.41, 5.74) is 1.27. The molecule has 1 aromatic rings. The van der Waals surface area contributed by atoms with E-state index in [1.165, 1.54) is 5.56 Å². The van der Waals surface area contributed by atoms with Gasteiger partial charge in [0.1, 0.15) is 0 Å². The minimum absolute atomic E-state index is 0.240. The van der Waals surface area contributed by atoms with E-state index in [2.05, 4.69) is 39.9 Å². The van der Waals surface area contributed by atoms with Crippen LogP contribution in [0.15, 0.2) is 28.7 Å². The van der Waals surface area contributed by atoms with Crippen molar-refractivity contribution in [2.24, 2.45) is 11.8 Å². The molecule has 3 nitrogen and oxygen atoms in total. The molecular weight excluding hydrogens is 294 g/mol. The second-order valence-corrected chi connectivity index (χ2v) is 5.99. The topological polar surface area (TPSA) is 40.5 Å². The van der Waals surface area contributed by atoms with Gasteiger partial charge in [0.15, 0.2) is 0 Å². The minimum Gasteiger partial charge on any atom is -0.481 e. The summed E-state index contributed by atoms with van der Waals surface area (Å²) in [5.74, 6) is -0.636. The third-order valence-electron chi connectivity index (χ3n) is 3.91. The van der Waals surface area contributed by atoms with Crippen LogP contribution in [0, 0.1) is 11.8 Å². The van der Waals surface area contributed by atoms with Gasteiger partial charge in [0.05, 0.1) is 5.92 Å². The highest BCUT2D eigenvalue weighted by Gasteiger charge is 2.36. The summed E-state index contributed by atoms with van der Waals surface area (Å²) in [4.78, 5) is 13.2. The Morgan fingerprint density at radius 1 is 1.44 bits per heavy atom. The summed E-state index contributed by atoms with van der Waals surface area (Å²) in [6, 6.07) is 8.64. The molecule has 4 heteroatoms. The number of rotatable bonds is 4. The van der Waals surface area contributed by atoms with Crippen molar-refractivity contribution in [3.8, 4) is 0 Å². The second kappa shape index (κ2) is 5.41. The Balaban J connectivity index is 1.94. The molecule has 0 aromatic heterocycles. The molecule has 1 aromatic carbocycles. The average molecular weight is 312 g/mol. The molecule has 2 unspecified atom stereocenters. The highest BCUT2D eigenvalue weighted by molar-refractivity contribution is 9.10. The summed E-state index contributed by atoms with van der Waals surface area (Å²) < 4.78 is 1.09. The van der Waals surface area contributed by atoms with Crippen LogP contribution in [0.25, 0.3) is 0 Å². The maximum Gasteiger partial charge on any atom is 0.306 e. The van der Waals surface area contributed by atoms with Crippen molar-refractivity contribution in [3.63, 3.8) is 0 Å². The first-order valence-corrected chi connectivity index (χ1v) is 7.00. The van der Waals surface area contributed by atoms with Crippen molar-refractivity contribution in [2.75, 3.05) is 13.1 Å². The van der Waals surface area contributed by atoms with Crippen LogP contribution >= 0.6 is 15.9 Å². The number of benzene rings is 1. The van der Waals surface area contributed by atoms with Crippen LogP contribution in [0.2, 0.25) is 0 Å². The van der Waals surface area contributed by atoms with Gasteiger partial charge in [-0.25, -0.2) is 0 Å². The Hall–Kier alpha value is -0.870. The van der Waals surface area contributed by atoms with Crippen molar-refractivity contribution >= 4 is 21.9 Å². The third kappa shape index (κ3) is 2.75. The molecule has 0 bridgehead atoms. The number of carbonyl (C=O) groups is 1. The molecule has 1 heterocycles. The van der Waals surface area contributed by atoms with Gasteiger partial charge in [0.25, 0.3) is 0 Å². The van der Waals surface area contributed by atoms with Gasteiger partial charge in [0, 0.05) is 23.6 Å². The summed E-state index contributed by atoms with van der Waals surface area (Å²) in [6.45, 7) is 5.72. The average Bonchev–Trinajstić information content (AvgIpc) is 2.26. The monoisotopic (exact) mass is 311 g/mol. The van der Waals surface area contributed by atoms with Crippen LogP contribution in [0.4, 0.5) is 0 Å². The van der Waals surface area contributed by atoms with Crippen molar-refractivity contribution in [1.82, 2.24) is 4.90 Å². The van der Waals surface area contributed by atoms with Gasteiger partial charge < -0.3 is 5.11 Å². The van der Waals surface area contributed by atoms with E-state index >= 15 is 0 Å². The maximum atomic E-state index is 10.9. The molecule has 18 heavy (non-hydrogen) atoms. The van der Waals surface area contributed by atoms with Crippen LogP contribution in [0.5, 0.6) is 0 Å². The molecule has 98 valence electrons. The van der Waals surface area contributed by atoms with E-state index in [-0.39, 0.29) is 11.8 Å². The fourth-order valence-corrected chi connectivity index (χ4v) is 2.78. The van der Waals surface area contributed by atoms with Gasteiger partial charge in [-0.05, 0) is 30.5 Å². The first-order valence-electron chi connectivity index (χ1n) is 6.21. The van der Waals surface area contributed by atoms with E-state index in [0.717, 1.165) is 17.6 Å². The molecule has 2 atom stereocenters. The largest absolute Gasteiger partial charge is 0.481 e. The molecule has 1 aliphatic rings. The Morgan fingerprint density at radius 2 is 2.11 bits per heavy atom. The Kier molecular flexibility index (Phi) is 4.07. The quantitative estimate of drug-likeness (QED) is 0.928. The molecule has 1 aliphatic heterocycles. The molecule has 1 fully saturated rings. The molecular formula is C14H18BrNO2. The predicted molar refractivity (Wildman–Crippen MR) is 74.4 cm³/mol. The minimum atomic E-state index is -0.685. The highest BCUT2D eigenvalue weighted by Crippen LogP contribution is 2.32. The van der Waals surface area contributed by atoms with Crippen LogP contribution in [0.3, 0.4) is 0 Å². The van der Waals surface area contributed by atoms with E-state index in [4.69, 9.17) is 5.11 Å². The molecule has 0 amide bonds. The SMILES string of the molecule is CC(C(=O)O)C1CN(C(C)c2cccc(Br)c2)C1. The summed E-state index contributed by atoms with van der Waals surface area (Å²) in [7, 11) is 0. The number of halogens is 1.